The number of nitrogens with one attached hydrogen (secondary N) is 1. The van der Waals surface area contributed by atoms with Gasteiger partial charge in [0.25, 0.3) is 11.8 Å². The molecule has 3 rings (SSSR count). The molecule has 0 unspecified atom stereocenters. The first-order valence-corrected chi connectivity index (χ1v) is 11.1. The molecular formula is C23H31F3N2O4. The van der Waals surface area contributed by atoms with Gasteiger partial charge in [-0.1, -0.05) is 19.3 Å². The molecule has 1 fully saturated rings. The van der Waals surface area contributed by atoms with E-state index < -0.39 is 28.8 Å². The Morgan fingerprint density at radius 2 is 1.91 bits per heavy atom. The van der Waals surface area contributed by atoms with Gasteiger partial charge in [0.15, 0.2) is 5.60 Å². The molecule has 32 heavy (non-hydrogen) atoms. The van der Waals surface area contributed by atoms with Crippen LogP contribution in [-0.4, -0.2) is 43.7 Å². The number of ether oxygens (including phenoxy) is 2. The van der Waals surface area contributed by atoms with Crippen LogP contribution < -0.4 is 15.0 Å². The van der Waals surface area contributed by atoms with Crippen molar-refractivity contribution in [2.45, 2.75) is 76.6 Å². The van der Waals surface area contributed by atoms with Crippen molar-refractivity contribution in [3.8, 4) is 5.75 Å². The molecule has 0 saturated heterocycles. The molecule has 1 saturated carbocycles. The second-order valence-electron chi connectivity index (χ2n) is 8.94. The molecule has 1 heterocycles. The lowest BCUT2D eigenvalue weighted by molar-refractivity contribution is -0.138. The maximum Gasteiger partial charge on any atom is 0.417 e. The van der Waals surface area contributed by atoms with Gasteiger partial charge in [-0.2, -0.15) is 13.2 Å². The molecule has 1 aliphatic carbocycles. The van der Waals surface area contributed by atoms with Gasteiger partial charge in [0.2, 0.25) is 0 Å². The fourth-order valence-corrected chi connectivity index (χ4v) is 4.28. The quantitative estimate of drug-likeness (QED) is 0.604. The first-order valence-electron chi connectivity index (χ1n) is 11.1. The van der Waals surface area contributed by atoms with Crippen molar-refractivity contribution in [3.63, 3.8) is 0 Å². The average molecular weight is 457 g/mol. The lowest BCUT2D eigenvalue weighted by Gasteiger charge is -2.39. The van der Waals surface area contributed by atoms with Crippen molar-refractivity contribution < 1.29 is 32.2 Å². The van der Waals surface area contributed by atoms with Crippen LogP contribution in [-0.2, 0) is 15.7 Å². The van der Waals surface area contributed by atoms with Crippen LogP contribution in [0.1, 0.15) is 74.7 Å². The highest BCUT2D eigenvalue weighted by Gasteiger charge is 2.44. The summed E-state index contributed by atoms with van der Waals surface area (Å²) in [6, 6.07) is 1.86. The topological polar surface area (TPSA) is 67.9 Å². The monoisotopic (exact) mass is 456 g/mol. The smallest absolute Gasteiger partial charge is 0.417 e. The first-order chi connectivity index (χ1) is 15.0. The van der Waals surface area contributed by atoms with Crippen molar-refractivity contribution in [2.75, 3.05) is 25.2 Å². The second kappa shape index (κ2) is 9.68. The zero-order valence-electron chi connectivity index (χ0n) is 18.8. The lowest BCUT2D eigenvalue weighted by Crippen LogP contribution is -2.53. The van der Waals surface area contributed by atoms with E-state index >= 15 is 0 Å². The van der Waals surface area contributed by atoms with Gasteiger partial charge in [0.1, 0.15) is 5.75 Å². The van der Waals surface area contributed by atoms with Crippen LogP contribution >= 0.6 is 0 Å². The number of fused-ring (bicyclic) bond motifs is 1. The number of halogens is 3. The highest BCUT2D eigenvalue weighted by Crippen LogP contribution is 2.44. The molecule has 0 bridgehead atoms. The minimum absolute atomic E-state index is 0.0529. The Hall–Kier alpha value is -2.29. The van der Waals surface area contributed by atoms with E-state index in [1.165, 1.54) is 18.7 Å². The van der Waals surface area contributed by atoms with Crippen molar-refractivity contribution in [1.29, 1.82) is 0 Å². The standard InChI is InChI=1S/C23H31F3N2O4/c1-22(2)21(30)28(11-7-8-12-31-3)18-13-16(17(23(24,25)26)14-19(18)32-22)20(29)27-15-9-5-4-6-10-15/h13-15H,4-12H2,1-3H3,(H,27,29). The number of hydrogen-bond donors (Lipinski definition) is 1. The number of rotatable bonds is 7. The number of anilines is 1. The molecule has 178 valence electrons. The summed E-state index contributed by atoms with van der Waals surface area (Å²) in [7, 11) is 1.58. The van der Waals surface area contributed by atoms with Crippen LogP contribution in [0.25, 0.3) is 0 Å². The molecule has 1 aliphatic heterocycles. The van der Waals surface area contributed by atoms with E-state index in [2.05, 4.69) is 5.32 Å². The number of benzene rings is 1. The zero-order chi connectivity index (χ0) is 23.5. The van der Waals surface area contributed by atoms with Gasteiger partial charge >= 0.3 is 6.18 Å². The number of methoxy groups -OCH3 is 1. The Kier molecular flexibility index (Phi) is 7.37. The van der Waals surface area contributed by atoms with Gasteiger partial charge in [0, 0.05) is 26.3 Å². The van der Waals surface area contributed by atoms with Crippen LogP contribution in [0.2, 0.25) is 0 Å². The SMILES string of the molecule is COCCCCN1C(=O)C(C)(C)Oc2cc(C(F)(F)F)c(C(=O)NC3CCCCC3)cc21. The van der Waals surface area contributed by atoms with Gasteiger partial charge < -0.3 is 19.7 Å². The van der Waals surface area contributed by atoms with Crippen LogP contribution in [0.5, 0.6) is 5.75 Å². The Morgan fingerprint density at radius 3 is 2.53 bits per heavy atom. The van der Waals surface area contributed by atoms with Crippen molar-refractivity contribution in [2.24, 2.45) is 0 Å². The van der Waals surface area contributed by atoms with Crippen LogP contribution in [0, 0.1) is 0 Å². The Balaban J connectivity index is 1.99. The maximum atomic E-state index is 13.9. The van der Waals surface area contributed by atoms with Gasteiger partial charge in [-0.05, 0) is 51.7 Å². The first kappa shape index (κ1) is 24.4. The summed E-state index contributed by atoms with van der Waals surface area (Å²) in [6.45, 7) is 3.85. The van der Waals surface area contributed by atoms with Crippen LogP contribution in [0.4, 0.5) is 18.9 Å². The molecule has 1 N–H and O–H groups in total. The third-order valence-electron chi connectivity index (χ3n) is 5.99. The minimum Gasteiger partial charge on any atom is -0.476 e. The van der Waals surface area contributed by atoms with E-state index in [4.69, 9.17) is 9.47 Å². The summed E-state index contributed by atoms with van der Waals surface area (Å²) in [5.41, 5.74) is -2.68. The molecule has 0 aromatic heterocycles. The number of hydrogen-bond acceptors (Lipinski definition) is 4. The van der Waals surface area contributed by atoms with Crippen LogP contribution in [0.3, 0.4) is 0 Å². The fraction of sp³-hybridized carbons (Fsp3) is 0.652. The highest BCUT2D eigenvalue weighted by molar-refractivity contribution is 6.05. The largest absolute Gasteiger partial charge is 0.476 e. The Morgan fingerprint density at radius 1 is 1.22 bits per heavy atom. The van der Waals surface area contributed by atoms with Crippen LogP contribution in [0.15, 0.2) is 12.1 Å². The predicted octanol–water partition coefficient (Wildman–Crippen LogP) is 4.70. The predicted molar refractivity (Wildman–Crippen MR) is 114 cm³/mol. The fourth-order valence-electron chi connectivity index (χ4n) is 4.28. The molecule has 9 heteroatoms. The van der Waals surface area contributed by atoms with Gasteiger partial charge in [-0.15, -0.1) is 0 Å². The van der Waals surface area contributed by atoms with E-state index in [0.717, 1.165) is 44.2 Å². The van der Waals surface area contributed by atoms with Crippen molar-refractivity contribution in [1.82, 2.24) is 5.32 Å². The van der Waals surface area contributed by atoms with E-state index in [1.807, 2.05) is 0 Å². The molecule has 1 aromatic rings. The number of amides is 2. The van der Waals surface area contributed by atoms with Gasteiger partial charge in [0.05, 0.1) is 16.8 Å². The zero-order valence-corrected chi connectivity index (χ0v) is 18.8. The highest BCUT2D eigenvalue weighted by atomic mass is 19.4. The molecule has 2 aliphatic rings. The average Bonchev–Trinajstić information content (AvgIpc) is 2.72. The van der Waals surface area contributed by atoms with Crippen molar-refractivity contribution >= 4 is 17.5 Å². The molecule has 6 nitrogen and oxygen atoms in total. The Bertz CT molecular complexity index is 848. The van der Waals surface area contributed by atoms with Gasteiger partial charge in [-0.25, -0.2) is 0 Å². The van der Waals surface area contributed by atoms with E-state index in [0.29, 0.717) is 19.4 Å². The third-order valence-corrected chi connectivity index (χ3v) is 5.99. The number of carbonyl (C=O) groups excluding carboxylic acids is 2. The molecular weight excluding hydrogens is 425 g/mol. The summed E-state index contributed by atoms with van der Waals surface area (Å²) in [5.74, 6) is -1.19. The molecule has 1 aromatic carbocycles. The summed E-state index contributed by atoms with van der Waals surface area (Å²) < 4.78 is 52.3. The third kappa shape index (κ3) is 5.36. The molecule has 0 spiro atoms. The van der Waals surface area contributed by atoms with E-state index in [1.54, 1.807) is 7.11 Å². The number of nitrogens with zero attached hydrogens (tertiary/aromatic N) is 1. The second-order valence-corrected chi connectivity index (χ2v) is 8.94. The summed E-state index contributed by atoms with van der Waals surface area (Å²) in [4.78, 5) is 27.3. The summed E-state index contributed by atoms with van der Waals surface area (Å²) in [6.07, 6.45) is 0.978. The number of unbranched alkanes of at least 4 members (excludes halogenated alkanes) is 1. The van der Waals surface area contributed by atoms with E-state index in [9.17, 15) is 22.8 Å². The maximum absolute atomic E-state index is 13.9. The molecule has 0 atom stereocenters. The van der Waals surface area contributed by atoms with Gasteiger partial charge in [-0.3, -0.25) is 9.59 Å². The minimum atomic E-state index is -4.74. The normalized spacial score (nSPS) is 18.8. The number of carbonyl (C=O) groups is 2. The molecule has 2 amide bonds. The summed E-state index contributed by atoms with van der Waals surface area (Å²) in [5, 5.41) is 2.76. The van der Waals surface area contributed by atoms with Crippen molar-refractivity contribution in [3.05, 3.63) is 23.3 Å². The molecule has 0 radical (unpaired) electrons. The lowest BCUT2D eigenvalue weighted by atomic mass is 9.94. The summed E-state index contributed by atoms with van der Waals surface area (Å²) >= 11 is 0. The Labute approximate surface area is 186 Å². The number of alkyl halides is 3. The van der Waals surface area contributed by atoms with E-state index in [-0.39, 0.29) is 29.9 Å².